The molecule has 1 aromatic heterocycles. The van der Waals surface area contributed by atoms with Crippen LogP contribution < -0.4 is 10.1 Å². The van der Waals surface area contributed by atoms with E-state index in [0.717, 1.165) is 23.3 Å². The third-order valence-electron chi connectivity index (χ3n) is 3.10. The van der Waals surface area contributed by atoms with Gasteiger partial charge in [0.15, 0.2) is 0 Å². The number of rotatable bonds is 2. The Kier molecular flexibility index (Phi) is 2.91. The molecular weight excluding hydrogens is 240 g/mol. The molecule has 2 aromatic rings. The van der Waals surface area contributed by atoms with E-state index in [0.29, 0.717) is 18.0 Å². The van der Waals surface area contributed by atoms with Gasteiger partial charge in [0.2, 0.25) is 0 Å². The monoisotopic (exact) mass is 254 g/mol. The van der Waals surface area contributed by atoms with E-state index in [2.05, 4.69) is 10.3 Å². The van der Waals surface area contributed by atoms with E-state index in [9.17, 15) is 4.79 Å². The van der Waals surface area contributed by atoms with Crippen LogP contribution in [0.2, 0.25) is 0 Å². The van der Waals surface area contributed by atoms with Crippen molar-refractivity contribution in [1.29, 1.82) is 0 Å². The number of hydrogen-bond acceptors (Lipinski definition) is 3. The largest absolute Gasteiger partial charge is 0.493 e. The first-order valence-corrected chi connectivity index (χ1v) is 6.22. The number of ether oxygens (including phenoxy) is 1. The first-order valence-electron chi connectivity index (χ1n) is 6.22. The van der Waals surface area contributed by atoms with Crippen LogP contribution in [-0.2, 0) is 6.42 Å². The Labute approximate surface area is 111 Å². The fourth-order valence-electron chi connectivity index (χ4n) is 2.06. The molecule has 0 aliphatic carbocycles. The molecule has 0 saturated heterocycles. The van der Waals surface area contributed by atoms with Crippen LogP contribution in [0.1, 0.15) is 21.5 Å². The highest BCUT2D eigenvalue weighted by Crippen LogP contribution is 2.26. The summed E-state index contributed by atoms with van der Waals surface area (Å²) < 4.78 is 5.42. The molecule has 0 atom stereocenters. The van der Waals surface area contributed by atoms with E-state index in [4.69, 9.17) is 4.74 Å². The number of aryl methyl sites for hydroxylation is 1. The molecule has 0 spiro atoms. The standard InChI is InChI=1S/C15H14N2O2/c1-10-2-5-14(16-9-10)17-15(18)12-3-4-13-11(8-12)6-7-19-13/h2-5,8-9H,6-7H2,1H3,(H,16,17,18). The molecule has 1 N–H and O–H groups in total. The first-order chi connectivity index (χ1) is 9.22. The molecule has 2 heterocycles. The first kappa shape index (κ1) is 11.7. The van der Waals surface area contributed by atoms with Crippen LogP contribution in [0.5, 0.6) is 5.75 Å². The van der Waals surface area contributed by atoms with Crippen LogP contribution in [0.3, 0.4) is 0 Å². The third kappa shape index (κ3) is 2.42. The van der Waals surface area contributed by atoms with E-state index in [1.54, 1.807) is 18.3 Å². The summed E-state index contributed by atoms with van der Waals surface area (Å²) in [6.45, 7) is 2.65. The Morgan fingerprint density at radius 1 is 1.32 bits per heavy atom. The molecule has 1 amide bonds. The SMILES string of the molecule is Cc1ccc(NC(=O)c2ccc3c(c2)CCO3)nc1. The summed E-state index contributed by atoms with van der Waals surface area (Å²) in [7, 11) is 0. The maximum atomic E-state index is 12.1. The number of benzene rings is 1. The Balaban J connectivity index is 1.78. The highest BCUT2D eigenvalue weighted by molar-refractivity contribution is 6.04. The third-order valence-corrected chi connectivity index (χ3v) is 3.10. The van der Waals surface area contributed by atoms with Crippen LogP contribution in [0.4, 0.5) is 5.82 Å². The van der Waals surface area contributed by atoms with Crippen molar-refractivity contribution in [3.63, 3.8) is 0 Å². The van der Waals surface area contributed by atoms with E-state index >= 15 is 0 Å². The van der Waals surface area contributed by atoms with Gasteiger partial charge in [-0.1, -0.05) is 6.07 Å². The predicted octanol–water partition coefficient (Wildman–Crippen LogP) is 2.58. The smallest absolute Gasteiger partial charge is 0.256 e. The lowest BCUT2D eigenvalue weighted by atomic mass is 10.1. The number of aromatic nitrogens is 1. The van der Waals surface area contributed by atoms with Crippen LogP contribution in [0, 0.1) is 6.92 Å². The number of fused-ring (bicyclic) bond motifs is 1. The molecule has 4 nitrogen and oxygen atoms in total. The number of carbonyl (C=O) groups is 1. The fourth-order valence-corrected chi connectivity index (χ4v) is 2.06. The summed E-state index contributed by atoms with van der Waals surface area (Å²) in [6, 6.07) is 9.21. The number of hydrogen-bond donors (Lipinski definition) is 1. The predicted molar refractivity (Wildman–Crippen MR) is 72.6 cm³/mol. The van der Waals surface area contributed by atoms with Gasteiger partial charge in [0, 0.05) is 18.2 Å². The minimum Gasteiger partial charge on any atom is -0.493 e. The minimum absolute atomic E-state index is 0.147. The number of carbonyl (C=O) groups excluding carboxylic acids is 1. The fraction of sp³-hybridized carbons (Fsp3) is 0.200. The summed E-state index contributed by atoms with van der Waals surface area (Å²) in [4.78, 5) is 16.3. The molecule has 0 radical (unpaired) electrons. The minimum atomic E-state index is -0.147. The Morgan fingerprint density at radius 3 is 3.00 bits per heavy atom. The van der Waals surface area contributed by atoms with Gasteiger partial charge < -0.3 is 10.1 Å². The molecular formula is C15H14N2O2. The molecule has 1 aromatic carbocycles. The molecule has 0 unspecified atom stereocenters. The van der Waals surface area contributed by atoms with E-state index in [1.807, 2.05) is 25.1 Å². The van der Waals surface area contributed by atoms with E-state index in [1.165, 1.54) is 0 Å². The normalized spacial score (nSPS) is 12.7. The van der Waals surface area contributed by atoms with Crippen molar-refractivity contribution in [2.45, 2.75) is 13.3 Å². The highest BCUT2D eigenvalue weighted by Gasteiger charge is 2.15. The van der Waals surface area contributed by atoms with Crippen molar-refractivity contribution in [2.24, 2.45) is 0 Å². The van der Waals surface area contributed by atoms with Crippen LogP contribution in [0.15, 0.2) is 36.5 Å². The molecule has 3 rings (SSSR count). The van der Waals surface area contributed by atoms with Crippen molar-refractivity contribution < 1.29 is 9.53 Å². The van der Waals surface area contributed by atoms with Gasteiger partial charge in [0.1, 0.15) is 11.6 Å². The van der Waals surface area contributed by atoms with Crippen LogP contribution in [0.25, 0.3) is 0 Å². The van der Waals surface area contributed by atoms with Crippen molar-refractivity contribution in [2.75, 3.05) is 11.9 Å². The van der Waals surface area contributed by atoms with Gasteiger partial charge in [-0.3, -0.25) is 4.79 Å². The molecule has 19 heavy (non-hydrogen) atoms. The van der Waals surface area contributed by atoms with Crippen LogP contribution in [-0.4, -0.2) is 17.5 Å². The molecule has 1 aliphatic heterocycles. The summed E-state index contributed by atoms with van der Waals surface area (Å²) >= 11 is 0. The van der Waals surface area contributed by atoms with Gasteiger partial charge in [-0.05, 0) is 42.3 Å². The molecule has 0 bridgehead atoms. The van der Waals surface area contributed by atoms with Gasteiger partial charge in [0.05, 0.1) is 6.61 Å². The zero-order valence-corrected chi connectivity index (χ0v) is 10.6. The zero-order chi connectivity index (χ0) is 13.2. The summed E-state index contributed by atoms with van der Waals surface area (Å²) in [5.74, 6) is 1.29. The topological polar surface area (TPSA) is 51.2 Å². The number of anilines is 1. The number of nitrogens with one attached hydrogen (secondary N) is 1. The molecule has 4 heteroatoms. The maximum absolute atomic E-state index is 12.1. The van der Waals surface area contributed by atoms with Gasteiger partial charge in [-0.2, -0.15) is 0 Å². The molecule has 1 aliphatic rings. The number of amides is 1. The van der Waals surface area contributed by atoms with E-state index < -0.39 is 0 Å². The van der Waals surface area contributed by atoms with Crippen molar-refractivity contribution in [3.8, 4) is 5.75 Å². The average molecular weight is 254 g/mol. The van der Waals surface area contributed by atoms with E-state index in [-0.39, 0.29) is 5.91 Å². The zero-order valence-electron chi connectivity index (χ0n) is 10.6. The second-order valence-corrected chi connectivity index (χ2v) is 4.60. The molecule has 0 saturated carbocycles. The van der Waals surface area contributed by atoms with Gasteiger partial charge in [0.25, 0.3) is 5.91 Å². The van der Waals surface area contributed by atoms with Gasteiger partial charge in [-0.15, -0.1) is 0 Å². The molecule has 96 valence electrons. The Hall–Kier alpha value is -2.36. The maximum Gasteiger partial charge on any atom is 0.256 e. The van der Waals surface area contributed by atoms with Gasteiger partial charge in [-0.25, -0.2) is 4.98 Å². The number of nitrogens with zero attached hydrogens (tertiary/aromatic N) is 1. The lowest BCUT2D eigenvalue weighted by Crippen LogP contribution is -2.13. The highest BCUT2D eigenvalue weighted by atomic mass is 16.5. The summed E-state index contributed by atoms with van der Waals surface area (Å²) in [6.07, 6.45) is 2.59. The van der Waals surface area contributed by atoms with Crippen molar-refractivity contribution in [3.05, 3.63) is 53.2 Å². The van der Waals surface area contributed by atoms with Crippen molar-refractivity contribution >= 4 is 11.7 Å². The quantitative estimate of drug-likeness (QED) is 0.896. The summed E-state index contributed by atoms with van der Waals surface area (Å²) in [5.41, 5.74) is 2.78. The van der Waals surface area contributed by atoms with Crippen molar-refractivity contribution in [1.82, 2.24) is 4.98 Å². The Morgan fingerprint density at radius 2 is 2.21 bits per heavy atom. The number of pyridine rings is 1. The second-order valence-electron chi connectivity index (χ2n) is 4.60. The van der Waals surface area contributed by atoms with Gasteiger partial charge >= 0.3 is 0 Å². The molecule has 0 fully saturated rings. The lowest BCUT2D eigenvalue weighted by molar-refractivity contribution is 0.102. The lowest BCUT2D eigenvalue weighted by Gasteiger charge is -2.06. The average Bonchev–Trinajstić information content (AvgIpc) is 2.88. The van der Waals surface area contributed by atoms with Crippen LogP contribution >= 0.6 is 0 Å². The summed E-state index contributed by atoms with van der Waals surface area (Å²) in [5, 5.41) is 2.79. The second kappa shape index (κ2) is 4.72. The Bertz CT molecular complexity index is 621.